The third-order valence-corrected chi connectivity index (χ3v) is 4.51. The first-order valence-corrected chi connectivity index (χ1v) is 9.33. The Morgan fingerprint density at radius 2 is 2.03 bits per heavy atom. The number of aromatic nitrogens is 3. The van der Waals surface area contributed by atoms with Crippen LogP contribution in [0.25, 0.3) is 11.4 Å². The fourth-order valence-corrected chi connectivity index (χ4v) is 3.05. The highest BCUT2D eigenvalue weighted by molar-refractivity contribution is 7.71. The smallest absolute Gasteiger partial charge is 0.292 e. The molecule has 0 saturated heterocycles. The van der Waals surface area contributed by atoms with Crippen LogP contribution in [0.5, 0.6) is 0 Å². The summed E-state index contributed by atoms with van der Waals surface area (Å²) < 4.78 is 1.99. The van der Waals surface area contributed by atoms with Gasteiger partial charge in [-0.05, 0) is 31.3 Å². The van der Waals surface area contributed by atoms with Gasteiger partial charge in [-0.25, -0.2) is 0 Å². The lowest BCUT2D eigenvalue weighted by molar-refractivity contribution is -0.384. The van der Waals surface area contributed by atoms with Crippen molar-refractivity contribution in [3.8, 4) is 11.4 Å². The number of hydrogen-bond donors (Lipinski definition) is 3. The molecule has 10 heteroatoms. The number of anilines is 1. The molecule has 3 aromatic rings. The number of benzene rings is 2. The van der Waals surface area contributed by atoms with Crippen LogP contribution in [-0.4, -0.2) is 38.7 Å². The lowest BCUT2D eigenvalue weighted by Gasteiger charge is -2.10. The molecule has 0 unspecified atom stereocenters. The van der Waals surface area contributed by atoms with Gasteiger partial charge in [-0.3, -0.25) is 24.6 Å². The van der Waals surface area contributed by atoms with E-state index in [1.165, 1.54) is 6.07 Å². The van der Waals surface area contributed by atoms with Crippen LogP contribution in [0.3, 0.4) is 0 Å². The molecule has 0 saturated carbocycles. The molecule has 0 aliphatic rings. The van der Waals surface area contributed by atoms with Crippen LogP contribution in [0, 0.1) is 21.8 Å². The van der Waals surface area contributed by atoms with Crippen molar-refractivity contribution in [2.24, 2.45) is 0 Å². The Bertz CT molecular complexity index is 1090. The van der Waals surface area contributed by atoms with Crippen LogP contribution in [0.15, 0.2) is 48.5 Å². The Hall–Kier alpha value is -3.53. The highest BCUT2D eigenvalue weighted by Crippen LogP contribution is 2.22. The molecule has 150 valence electrons. The zero-order valence-electron chi connectivity index (χ0n) is 15.7. The number of H-pyrrole nitrogens is 1. The van der Waals surface area contributed by atoms with E-state index in [-0.39, 0.29) is 18.1 Å². The van der Waals surface area contributed by atoms with Crippen molar-refractivity contribution >= 4 is 29.5 Å². The topological polar surface area (TPSA) is 118 Å². The highest BCUT2D eigenvalue weighted by atomic mass is 32.1. The van der Waals surface area contributed by atoms with Gasteiger partial charge in [-0.15, -0.1) is 0 Å². The monoisotopic (exact) mass is 412 g/mol. The lowest BCUT2D eigenvalue weighted by atomic mass is 10.1. The van der Waals surface area contributed by atoms with Crippen molar-refractivity contribution in [3.05, 3.63) is 69.0 Å². The normalized spacial score (nSPS) is 10.5. The van der Waals surface area contributed by atoms with Gasteiger partial charge in [-0.1, -0.05) is 35.9 Å². The van der Waals surface area contributed by atoms with Gasteiger partial charge in [0.15, 0.2) is 10.6 Å². The molecule has 0 radical (unpaired) electrons. The summed E-state index contributed by atoms with van der Waals surface area (Å²) in [6.45, 7) is 2.64. The number of amides is 1. The van der Waals surface area contributed by atoms with Crippen LogP contribution in [0.2, 0.25) is 0 Å². The Kier molecular flexibility index (Phi) is 6.35. The van der Waals surface area contributed by atoms with Crippen LogP contribution >= 0.6 is 12.2 Å². The fourth-order valence-electron chi connectivity index (χ4n) is 2.85. The van der Waals surface area contributed by atoms with E-state index in [0.29, 0.717) is 29.4 Å². The number of nitro benzene ring substituents is 1. The van der Waals surface area contributed by atoms with E-state index in [9.17, 15) is 14.9 Å². The summed E-state index contributed by atoms with van der Waals surface area (Å²) in [5, 5.41) is 23.7. The summed E-state index contributed by atoms with van der Waals surface area (Å²) in [7, 11) is 0. The Labute approximate surface area is 171 Å². The molecule has 1 aromatic heterocycles. The van der Waals surface area contributed by atoms with Crippen molar-refractivity contribution in [1.82, 2.24) is 20.1 Å². The summed E-state index contributed by atoms with van der Waals surface area (Å²) in [5.74, 6) is 0.354. The first-order chi connectivity index (χ1) is 14.0. The van der Waals surface area contributed by atoms with E-state index in [0.717, 1.165) is 11.1 Å². The number of nitrogens with one attached hydrogen (secondary N) is 3. The molecule has 3 rings (SSSR count). The second-order valence-electron chi connectivity index (χ2n) is 6.36. The van der Waals surface area contributed by atoms with Gasteiger partial charge in [0, 0.05) is 24.7 Å². The molecule has 1 heterocycles. The number of carbonyl (C=O) groups excluding carboxylic acids is 1. The Morgan fingerprint density at radius 1 is 1.24 bits per heavy atom. The van der Waals surface area contributed by atoms with Crippen LogP contribution in [0.4, 0.5) is 11.4 Å². The van der Waals surface area contributed by atoms with Crippen molar-refractivity contribution < 1.29 is 9.72 Å². The van der Waals surface area contributed by atoms with Crippen molar-refractivity contribution in [3.63, 3.8) is 0 Å². The molecular weight excluding hydrogens is 392 g/mol. The zero-order valence-corrected chi connectivity index (χ0v) is 16.5. The van der Waals surface area contributed by atoms with E-state index >= 15 is 0 Å². The third-order valence-electron chi connectivity index (χ3n) is 4.20. The van der Waals surface area contributed by atoms with E-state index in [1.54, 1.807) is 22.8 Å². The van der Waals surface area contributed by atoms with E-state index in [1.807, 2.05) is 31.2 Å². The van der Waals surface area contributed by atoms with E-state index in [4.69, 9.17) is 12.2 Å². The predicted octanol–water partition coefficient (Wildman–Crippen LogP) is 3.05. The number of nitrogens with zero attached hydrogens (tertiary/aromatic N) is 3. The van der Waals surface area contributed by atoms with Crippen molar-refractivity contribution in [1.29, 1.82) is 0 Å². The quantitative estimate of drug-likeness (QED) is 0.226. The van der Waals surface area contributed by atoms with Gasteiger partial charge in [-0.2, -0.15) is 5.10 Å². The van der Waals surface area contributed by atoms with E-state index < -0.39 is 4.92 Å². The number of aromatic amines is 1. The largest absolute Gasteiger partial charge is 0.378 e. The number of aryl methyl sites for hydroxylation is 1. The first-order valence-electron chi connectivity index (χ1n) is 8.92. The maximum Gasteiger partial charge on any atom is 0.292 e. The summed E-state index contributed by atoms with van der Waals surface area (Å²) in [4.78, 5) is 22.9. The first kappa shape index (κ1) is 20.2. The van der Waals surface area contributed by atoms with Crippen LogP contribution < -0.4 is 10.6 Å². The van der Waals surface area contributed by atoms with Gasteiger partial charge >= 0.3 is 0 Å². The molecule has 0 aliphatic heterocycles. The molecule has 0 aliphatic carbocycles. The zero-order chi connectivity index (χ0) is 20.8. The second-order valence-corrected chi connectivity index (χ2v) is 6.75. The van der Waals surface area contributed by atoms with Crippen molar-refractivity contribution in [2.75, 3.05) is 18.4 Å². The molecule has 9 nitrogen and oxygen atoms in total. The third kappa shape index (κ3) is 5.05. The summed E-state index contributed by atoms with van der Waals surface area (Å²) in [6.07, 6.45) is 0. The molecule has 0 fully saturated rings. The van der Waals surface area contributed by atoms with Gasteiger partial charge < -0.3 is 10.6 Å². The number of para-hydroxylation sites is 2. The average Bonchev–Trinajstić information content (AvgIpc) is 3.06. The molecule has 3 N–H and O–H groups in total. The minimum absolute atomic E-state index is 0.00803. The fraction of sp³-hybridized carbons (Fsp3) is 0.211. The lowest BCUT2D eigenvalue weighted by Crippen LogP contribution is -2.32. The summed E-state index contributed by atoms with van der Waals surface area (Å²) in [5.41, 5.74) is 2.34. The van der Waals surface area contributed by atoms with Gasteiger partial charge in [0.05, 0.1) is 4.92 Å². The number of rotatable bonds is 8. The van der Waals surface area contributed by atoms with Crippen LogP contribution in [0.1, 0.15) is 5.56 Å². The summed E-state index contributed by atoms with van der Waals surface area (Å²) >= 11 is 5.25. The molecule has 2 aromatic carbocycles. The van der Waals surface area contributed by atoms with Gasteiger partial charge in [0.1, 0.15) is 12.2 Å². The Morgan fingerprint density at radius 3 is 2.79 bits per heavy atom. The molecular formula is C19H20N6O3S. The van der Waals surface area contributed by atoms with E-state index in [2.05, 4.69) is 20.8 Å². The SMILES string of the molecule is Cc1cccc(-c2n[nH]c(=S)n2CC(=O)NCCNc2ccccc2[N+](=O)[O-])c1. The predicted molar refractivity (Wildman–Crippen MR) is 112 cm³/mol. The van der Waals surface area contributed by atoms with Crippen LogP contribution in [-0.2, 0) is 11.3 Å². The molecule has 0 bridgehead atoms. The minimum Gasteiger partial charge on any atom is -0.378 e. The Balaban J connectivity index is 1.58. The average molecular weight is 412 g/mol. The number of carbonyl (C=O) groups is 1. The molecule has 1 amide bonds. The van der Waals surface area contributed by atoms with Gasteiger partial charge in [0.25, 0.3) is 5.69 Å². The maximum absolute atomic E-state index is 12.3. The molecule has 0 spiro atoms. The molecule has 0 atom stereocenters. The molecule has 29 heavy (non-hydrogen) atoms. The standard InChI is InChI=1S/C19H20N6O3S/c1-13-5-4-6-14(11-13)18-22-23-19(29)24(18)12-17(26)21-10-9-20-15-7-2-3-8-16(15)25(27)28/h2-8,11,20H,9-10,12H2,1H3,(H,21,26)(H,23,29). The van der Waals surface area contributed by atoms with Crippen molar-refractivity contribution in [2.45, 2.75) is 13.5 Å². The minimum atomic E-state index is -0.450. The second kappa shape index (κ2) is 9.11. The van der Waals surface area contributed by atoms with Gasteiger partial charge in [0.2, 0.25) is 5.91 Å². The number of hydrogen-bond acceptors (Lipinski definition) is 6. The number of nitro groups is 1. The highest BCUT2D eigenvalue weighted by Gasteiger charge is 2.13. The maximum atomic E-state index is 12.3. The summed E-state index contributed by atoms with van der Waals surface area (Å²) in [6, 6.07) is 14.1.